The van der Waals surface area contributed by atoms with Crippen LogP contribution in [0.4, 0.5) is 11.4 Å². The van der Waals surface area contributed by atoms with Crippen LogP contribution in [0.25, 0.3) is 0 Å². The Kier molecular flexibility index (Phi) is 7.01. The molecule has 1 saturated heterocycles. The highest BCUT2D eigenvalue weighted by atomic mass is 32.2. The van der Waals surface area contributed by atoms with Gasteiger partial charge in [-0.05, 0) is 31.0 Å². The van der Waals surface area contributed by atoms with E-state index in [1.807, 2.05) is 6.07 Å². The summed E-state index contributed by atoms with van der Waals surface area (Å²) in [6, 6.07) is 11.7. The van der Waals surface area contributed by atoms with Crippen molar-refractivity contribution in [3.8, 4) is 11.5 Å². The number of anilines is 2. The van der Waals surface area contributed by atoms with Crippen molar-refractivity contribution in [1.82, 2.24) is 5.32 Å². The van der Waals surface area contributed by atoms with Crippen molar-refractivity contribution in [1.29, 1.82) is 0 Å². The quantitative estimate of drug-likeness (QED) is 0.654. The fourth-order valence-corrected chi connectivity index (χ4v) is 4.96. The van der Waals surface area contributed by atoms with Gasteiger partial charge in [0.15, 0.2) is 0 Å². The first-order valence-electron chi connectivity index (χ1n) is 9.75. The van der Waals surface area contributed by atoms with Crippen molar-refractivity contribution in [2.45, 2.75) is 19.4 Å². The molecule has 0 unspecified atom stereocenters. The van der Waals surface area contributed by atoms with Crippen LogP contribution in [0.15, 0.2) is 42.5 Å². The first-order valence-corrected chi connectivity index (χ1v) is 11.4. The minimum Gasteiger partial charge on any atom is -0.496 e. The van der Waals surface area contributed by atoms with Crippen LogP contribution in [0.1, 0.15) is 18.4 Å². The Morgan fingerprint density at radius 2 is 1.74 bits per heavy atom. The maximum atomic E-state index is 12.4. The molecule has 0 spiro atoms. The molecular formula is C21H25N3O6S. The molecule has 9 nitrogen and oxygen atoms in total. The number of amides is 2. The maximum Gasteiger partial charge on any atom is 0.313 e. The number of carbonyl (C=O) groups is 2. The number of rotatable bonds is 6. The molecule has 2 amide bonds. The van der Waals surface area contributed by atoms with E-state index in [4.69, 9.17) is 9.47 Å². The third kappa shape index (κ3) is 5.26. The molecule has 1 fully saturated rings. The van der Waals surface area contributed by atoms with Gasteiger partial charge in [0.25, 0.3) is 0 Å². The molecule has 3 rings (SSSR count). The van der Waals surface area contributed by atoms with Gasteiger partial charge in [-0.25, -0.2) is 8.42 Å². The van der Waals surface area contributed by atoms with E-state index in [0.717, 1.165) is 12.0 Å². The molecule has 31 heavy (non-hydrogen) atoms. The Morgan fingerprint density at radius 1 is 1.00 bits per heavy atom. The van der Waals surface area contributed by atoms with Crippen molar-refractivity contribution in [3.63, 3.8) is 0 Å². The molecule has 166 valence electrons. The van der Waals surface area contributed by atoms with Gasteiger partial charge in [-0.2, -0.15) is 0 Å². The van der Waals surface area contributed by atoms with Crippen molar-refractivity contribution in [2.75, 3.05) is 36.1 Å². The monoisotopic (exact) mass is 447 g/mol. The number of nitrogens with one attached hydrogen (secondary N) is 2. The van der Waals surface area contributed by atoms with Crippen LogP contribution in [-0.4, -0.2) is 46.7 Å². The van der Waals surface area contributed by atoms with Gasteiger partial charge in [-0.15, -0.1) is 0 Å². The van der Waals surface area contributed by atoms with E-state index in [1.54, 1.807) is 24.3 Å². The van der Waals surface area contributed by atoms with Crippen molar-refractivity contribution < 1.29 is 27.5 Å². The molecule has 2 aromatic rings. The molecule has 10 heteroatoms. The van der Waals surface area contributed by atoms with Gasteiger partial charge in [-0.3, -0.25) is 13.9 Å². The Hall–Kier alpha value is -3.27. The molecular weight excluding hydrogens is 422 g/mol. The number of hydrogen-bond acceptors (Lipinski definition) is 6. The molecule has 0 radical (unpaired) electrons. The number of hydrogen-bond donors (Lipinski definition) is 2. The number of nitrogens with zero attached hydrogens (tertiary/aromatic N) is 1. The van der Waals surface area contributed by atoms with Crippen LogP contribution in [-0.2, 0) is 26.2 Å². The molecule has 1 aliphatic rings. The van der Waals surface area contributed by atoms with Crippen LogP contribution in [0.3, 0.4) is 0 Å². The number of carbonyl (C=O) groups excluding carboxylic acids is 2. The average Bonchev–Trinajstić information content (AvgIpc) is 2.77. The predicted molar refractivity (Wildman–Crippen MR) is 117 cm³/mol. The first kappa shape index (κ1) is 22.4. The number of sulfonamides is 1. The Morgan fingerprint density at radius 3 is 2.45 bits per heavy atom. The lowest BCUT2D eigenvalue weighted by Gasteiger charge is -2.29. The Bertz CT molecular complexity index is 1070. The molecule has 0 bridgehead atoms. The van der Waals surface area contributed by atoms with E-state index >= 15 is 0 Å². The number of methoxy groups -OCH3 is 2. The normalized spacial score (nSPS) is 15.1. The van der Waals surface area contributed by atoms with Crippen LogP contribution in [0, 0.1) is 0 Å². The summed E-state index contributed by atoms with van der Waals surface area (Å²) >= 11 is 0. The highest BCUT2D eigenvalue weighted by Gasteiger charge is 2.28. The highest BCUT2D eigenvalue weighted by Crippen LogP contribution is 2.34. The van der Waals surface area contributed by atoms with Crippen LogP contribution in [0.5, 0.6) is 11.5 Å². The summed E-state index contributed by atoms with van der Waals surface area (Å²) in [5.74, 6) is -0.683. The minimum atomic E-state index is -3.41. The third-order valence-corrected chi connectivity index (χ3v) is 6.75. The summed E-state index contributed by atoms with van der Waals surface area (Å²) in [5.41, 5.74) is 1.45. The Balaban J connectivity index is 1.67. The predicted octanol–water partition coefficient (Wildman–Crippen LogP) is 1.89. The third-order valence-electron chi connectivity index (χ3n) is 4.89. The zero-order valence-corrected chi connectivity index (χ0v) is 18.2. The van der Waals surface area contributed by atoms with Gasteiger partial charge in [0.05, 0.1) is 25.7 Å². The van der Waals surface area contributed by atoms with Gasteiger partial charge >= 0.3 is 11.8 Å². The van der Waals surface area contributed by atoms with Crippen molar-refractivity contribution in [2.24, 2.45) is 0 Å². The summed E-state index contributed by atoms with van der Waals surface area (Å²) in [7, 11) is -0.461. The van der Waals surface area contributed by atoms with Crippen LogP contribution in [0.2, 0.25) is 0 Å². The van der Waals surface area contributed by atoms with Crippen LogP contribution < -0.4 is 24.4 Å². The minimum absolute atomic E-state index is 0.0843. The zero-order valence-electron chi connectivity index (χ0n) is 17.4. The summed E-state index contributed by atoms with van der Waals surface area (Å²) in [6.45, 7) is 0.501. The molecule has 2 N–H and O–H groups in total. The zero-order chi connectivity index (χ0) is 22.4. The van der Waals surface area contributed by atoms with E-state index in [9.17, 15) is 18.0 Å². The Labute approximate surface area is 181 Å². The lowest BCUT2D eigenvalue weighted by atomic mass is 10.2. The van der Waals surface area contributed by atoms with Gasteiger partial charge in [0, 0.05) is 30.4 Å². The standard InChI is InChI=1S/C21H25N3O6S/c1-29-18-8-4-3-7-15(18)14-22-20(25)21(26)23-16-9-10-17(19(13-16)30-2)24-11-5-6-12-31(24,27)28/h3-4,7-10,13H,5-6,11-12,14H2,1-2H3,(H,22,25)(H,23,26). The van der Waals surface area contributed by atoms with E-state index in [0.29, 0.717) is 30.1 Å². The molecule has 0 saturated carbocycles. The van der Waals surface area contributed by atoms with Gasteiger partial charge in [0.2, 0.25) is 10.0 Å². The molecule has 1 aliphatic heterocycles. The number of ether oxygens (including phenoxy) is 2. The van der Waals surface area contributed by atoms with Gasteiger partial charge in [-0.1, -0.05) is 18.2 Å². The lowest BCUT2D eigenvalue weighted by molar-refractivity contribution is -0.136. The number of benzene rings is 2. The molecule has 2 aromatic carbocycles. The largest absolute Gasteiger partial charge is 0.496 e. The topological polar surface area (TPSA) is 114 Å². The van der Waals surface area contributed by atoms with Crippen LogP contribution >= 0.6 is 0 Å². The second kappa shape index (κ2) is 9.69. The number of para-hydroxylation sites is 1. The molecule has 0 aromatic heterocycles. The summed E-state index contributed by atoms with van der Waals surface area (Å²) in [5, 5.41) is 5.05. The van der Waals surface area contributed by atoms with Gasteiger partial charge < -0.3 is 20.1 Å². The second-order valence-electron chi connectivity index (χ2n) is 6.93. The molecule has 0 atom stereocenters. The molecule has 1 heterocycles. The summed E-state index contributed by atoms with van der Waals surface area (Å²) in [4.78, 5) is 24.5. The first-order chi connectivity index (χ1) is 14.9. The van der Waals surface area contributed by atoms with Gasteiger partial charge in [0.1, 0.15) is 11.5 Å². The van der Waals surface area contributed by atoms with Crippen molar-refractivity contribution >= 4 is 33.2 Å². The van der Waals surface area contributed by atoms with E-state index < -0.39 is 21.8 Å². The summed E-state index contributed by atoms with van der Waals surface area (Å²) < 4.78 is 36.6. The van der Waals surface area contributed by atoms with E-state index in [2.05, 4.69) is 10.6 Å². The fraction of sp³-hybridized carbons (Fsp3) is 0.333. The SMILES string of the molecule is COc1ccccc1CNC(=O)C(=O)Nc1ccc(N2CCCCS2(=O)=O)c(OC)c1. The second-order valence-corrected chi connectivity index (χ2v) is 8.94. The smallest absolute Gasteiger partial charge is 0.313 e. The molecule has 0 aliphatic carbocycles. The van der Waals surface area contributed by atoms with E-state index in [1.165, 1.54) is 30.7 Å². The van der Waals surface area contributed by atoms with E-state index in [-0.39, 0.29) is 18.0 Å². The fourth-order valence-electron chi connectivity index (χ4n) is 3.31. The average molecular weight is 448 g/mol. The van der Waals surface area contributed by atoms with Crippen molar-refractivity contribution in [3.05, 3.63) is 48.0 Å². The highest BCUT2D eigenvalue weighted by molar-refractivity contribution is 7.92. The lowest BCUT2D eigenvalue weighted by Crippen LogP contribution is -2.38. The summed E-state index contributed by atoms with van der Waals surface area (Å²) in [6.07, 6.45) is 1.38. The maximum absolute atomic E-state index is 12.4.